The van der Waals surface area contributed by atoms with Gasteiger partial charge in [-0.2, -0.15) is 5.26 Å². The highest BCUT2D eigenvalue weighted by Crippen LogP contribution is 2.52. The molecule has 22 heavy (non-hydrogen) atoms. The molecule has 2 unspecified atom stereocenters. The second kappa shape index (κ2) is 4.18. The van der Waals surface area contributed by atoms with Crippen LogP contribution < -0.4 is 4.90 Å². The number of hydrogen-bond acceptors (Lipinski definition) is 4. The number of carboxylic acids is 1. The standard InChI is InChI=1S/C16H12N2O4/c17-7-9-1-3-10(4-2-9)18-8-16-6-5-11(22-16)12(15(20)21)13(16)14(18)19/h1-6,11-13H,8H2,(H,20,21)/t11-,12?,13?,16+/m1/s1. The number of anilines is 1. The van der Waals surface area contributed by atoms with E-state index in [-0.39, 0.29) is 5.91 Å². The van der Waals surface area contributed by atoms with Gasteiger partial charge in [0, 0.05) is 5.69 Å². The van der Waals surface area contributed by atoms with Gasteiger partial charge in [-0.25, -0.2) is 0 Å². The molecular formula is C16H12N2O4. The van der Waals surface area contributed by atoms with Gasteiger partial charge >= 0.3 is 5.97 Å². The molecule has 4 rings (SSSR count). The lowest BCUT2D eigenvalue weighted by Crippen LogP contribution is -2.39. The fourth-order valence-electron chi connectivity index (χ4n) is 3.71. The van der Waals surface area contributed by atoms with Crippen LogP contribution in [0, 0.1) is 23.2 Å². The number of rotatable bonds is 2. The summed E-state index contributed by atoms with van der Waals surface area (Å²) in [5.41, 5.74) is 0.324. The predicted molar refractivity (Wildman–Crippen MR) is 74.9 cm³/mol. The van der Waals surface area contributed by atoms with Crippen molar-refractivity contribution in [3.8, 4) is 6.07 Å². The zero-order chi connectivity index (χ0) is 15.5. The summed E-state index contributed by atoms with van der Waals surface area (Å²) in [5, 5.41) is 18.2. The average Bonchev–Trinajstić information content (AvgIpc) is 3.15. The van der Waals surface area contributed by atoms with Crippen molar-refractivity contribution in [3.63, 3.8) is 0 Å². The number of benzene rings is 1. The van der Waals surface area contributed by atoms with Crippen molar-refractivity contribution in [3.05, 3.63) is 42.0 Å². The number of amides is 1. The maximum absolute atomic E-state index is 12.7. The van der Waals surface area contributed by atoms with Crippen molar-refractivity contribution < 1.29 is 19.4 Å². The molecule has 2 fully saturated rings. The first-order valence-corrected chi connectivity index (χ1v) is 6.97. The fourth-order valence-corrected chi connectivity index (χ4v) is 3.71. The minimum Gasteiger partial charge on any atom is -0.481 e. The molecule has 2 bridgehead atoms. The van der Waals surface area contributed by atoms with Crippen molar-refractivity contribution in [1.82, 2.24) is 0 Å². The molecular weight excluding hydrogens is 284 g/mol. The van der Waals surface area contributed by atoms with Gasteiger partial charge in [-0.05, 0) is 24.3 Å². The first-order chi connectivity index (χ1) is 10.6. The average molecular weight is 296 g/mol. The van der Waals surface area contributed by atoms with E-state index in [1.54, 1.807) is 35.2 Å². The molecule has 6 heteroatoms. The maximum Gasteiger partial charge on any atom is 0.310 e. The van der Waals surface area contributed by atoms with E-state index in [0.717, 1.165) is 0 Å². The summed E-state index contributed by atoms with van der Waals surface area (Å²) in [5.74, 6) is -2.75. The topological polar surface area (TPSA) is 90.6 Å². The van der Waals surface area contributed by atoms with Gasteiger partial charge in [-0.15, -0.1) is 0 Å². The molecule has 0 aliphatic carbocycles. The van der Waals surface area contributed by atoms with Crippen molar-refractivity contribution >= 4 is 17.6 Å². The van der Waals surface area contributed by atoms with Crippen LogP contribution in [0.25, 0.3) is 0 Å². The number of nitrogens with zero attached hydrogens (tertiary/aromatic N) is 2. The molecule has 6 nitrogen and oxygen atoms in total. The number of hydrogen-bond donors (Lipinski definition) is 1. The predicted octanol–water partition coefficient (Wildman–Crippen LogP) is 0.929. The Morgan fingerprint density at radius 2 is 2.14 bits per heavy atom. The summed E-state index contributed by atoms with van der Waals surface area (Å²) in [6.07, 6.45) is 3.04. The van der Waals surface area contributed by atoms with Crippen molar-refractivity contribution in [2.75, 3.05) is 11.4 Å². The van der Waals surface area contributed by atoms with Gasteiger partial charge in [-0.3, -0.25) is 9.59 Å². The number of ether oxygens (including phenoxy) is 1. The third-order valence-electron chi connectivity index (χ3n) is 4.69. The van der Waals surface area contributed by atoms with Crippen LogP contribution in [-0.2, 0) is 14.3 Å². The number of aliphatic carboxylic acids is 1. The molecule has 1 aromatic rings. The Kier molecular flexibility index (Phi) is 2.48. The van der Waals surface area contributed by atoms with Crippen LogP contribution in [0.2, 0.25) is 0 Å². The summed E-state index contributed by atoms with van der Waals surface area (Å²) in [6.45, 7) is 0.305. The van der Waals surface area contributed by atoms with Gasteiger partial charge < -0.3 is 14.7 Å². The van der Waals surface area contributed by atoms with Crippen LogP contribution in [0.3, 0.4) is 0 Å². The van der Waals surface area contributed by atoms with Crippen LogP contribution in [0.1, 0.15) is 5.56 Å². The van der Waals surface area contributed by atoms with E-state index in [4.69, 9.17) is 10.00 Å². The van der Waals surface area contributed by atoms with Crippen molar-refractivity contribution in [2.24, 2.45) is 11.8 Å². The normalized spacial score (nSPS) is 34.8. The highest BCUT2D eigenvalue weighted by molar-refractivity contribution is 6.02. The summed E-state index contributed by atoms with van der Waals surface area (Å²) in [4.78, 5) is 25.8. The van der Waals surface area contributed by atoms with E-state index in [1.807, 2.05) is 12.1 Å². The van der Waals surface area contributed by atoms with Gasteiger partial charge in [0.25, 0.3) is 0 Å². The first-order valence-electron chi connectivity index (χ1n) is 6.97. The lowest BCUT2D eigenvalue weighted by Gasteiger charge is -2.21. The second-order valence-electron chi connectivity index (χ2n) is 5.82. The van der Waals surface area contributed by atoms with E-state index >= 15 is 0 Å². The highest BCUT2D eigenvalue weighted by Gasteiger charge is 2.67. The zero-order valence-corrected chi connectivity index (χ0v) is 11.5. The molecule has 0 aromatic heterocycles. The number of fused-ring (bicyclic) bond motifs is 1. The van der Waals surface area contributed by atoms with Crippen LogP contribution in [0.15, 0.2) is 36.4 Å². The summed E-state index contributed by atoms with van der Waals surface area (Å²) >= 11 is 0. The Morgan fingerprint density at radius 1 is 1.41 bits per heavy atom. The molecule has 3 aliphatic rings. The monoisotopic (exact) mass is 296 g/mol. The quantitative estimate of drug-likeness (QED) is 0.820. The van der Waals surface area contributed by atoms with Gasteiger partial charge in [0.2, 0.25) is 5.91 Å². The van der Waals surface area contributed by atoms with Crippen LogP contribution in [0.4, 0.5) is 5.69 Å². The fraction of sp³-hybridized carbons (Fsp3) is 0.312. The highest BCUT2D eigenvalue weighted by atomic mass is 16.5. The molecule has 2 saturated heterocycles. The van der Waals surface area contributed by atoms with Gasteiger partial charge in [-0.1, -0.05) is 12.2 Å². The minimum atomic E-state index is -1.00. The molecule has 1 amide bonds. The molecule has 1 aromatic carbocycles. The Balaban J connectivity index is 1.71. The van der Waals surface area contributed by atoms with Crippen molar-refractivity contribution in [1.29, 1.82) is 5.26 Å². The van der Waals surface area contributed by atoms with Gasteiger partial charge in [0.15, 0.2) is 0 Å². The van der Waals surface area contributed by atoms with Crippen LogP contribution >= 0.6 is 0 Å². The Hall–Kier alpha value is -2.65. The lowest BCUT2D eigenvalue weighted by molar-refractivity contribution is -0.146. The molecule has 3 aliphatic heterocycles. The third-order valence-corrected chi connectivity index (χ3v) is 4.69. The summed E-state index contributed by atoms with van der Waals surface area (Å²) < 4.78 is 5.82. The molecule has 1 spiro atoms. The Labute approximate surface area is 126 Å². The number of carbonyl (C=O) groups is 2. The van der Waals surface area contributed by atoms with Gasteiger partial charge in [0.05, 0.1) is 30.2 Å². The first kappa shape index (κ1) is 13.0. The van der Waals surface area contributed by atoms with Crippen LogP contribution in [-0.4, -0.2) is 35.2 Å². The molecule has 0 saturated carbocycles. The number of nitriles is 1. The zero-order valence-electron chi connectivity index (χ0n) is 11.5. The van der Waals surface area contributed by atoms with E-state index in [9.17, 15) is 14.7 Å². The van der Waals surface area contributed by atoms with E-state index in [0.29, 0.717) is 17.8 Å². The maximum atomic E-state index is 12.7. The number of carbonyl (C=O) groups excluding carboxylic acids is 1. The van der Waals surface area contributed by atoms with E-state index in [1.165, 1.54) is 0 Å². The third kappa shape index (κ3) is 1.51. The van der Waals surface area contributed by atoms with Crippen LogP contribution in [0.5, 0.6) is 0 Å². The molecule has 0 radical (unpaired) electrons. The smallest absolute Gasteiger partial charge is 0.310 e. The second-order valence-corrected chi connectivity index (χ2v) is 5.82. The molecule has 1 N–H and O–H groups in total. The lowest BCUT2D eigenvalue weighted by atomic mass is 9.77. The largest absolute Gasteiger partial charge is 0.481 e. The molecule has 4 atom stereocenters. The van der Waals surface area contributed by atoms with E-state index < -0.39 is 29.5 Å². The number of carboxylic acid groups (broad SMARTS) is 1. The summed E-state index contributed by atoms with van der Waals surface area (Å²) in [6, 6.07) is 8.69. The SMILES string of the molecule is N#Cc1ccc(N2C[C@]34C=C[C@@H](O3)C(C(=O)O)C4C2=O)cc1. The molecule has 110 valence electrons. The van der Waals surface area contributed by atoms with Crippen molar-refractivity contribution in [2.45, 2.75) is 11.7 Å². The summed E-state index contributed by atoms with van der Waals surface area (Å²) in [7, 11) is 0. The Morgan fingerprint density at radius 3 is 2.77 bits per heavy atom. The minimum absolute atomic E-state index is 0.232. The van der Waals surface area contributed by atoms with E-state index in [2.05, 4.69) is 0 Å². The molecule has 3 heterocycles. The Bertz CT molecular complexity index is 748. The van der Waals surface area contributed by atoms with Gasteiger partial charge in [0.1, 0.15) is 11.5 Å².